The van der Waals surface area contributed by atoms with E-state index in [1.807, 2.05) is 32.2 Å². The van der Waals surface area contributed by atoms with Crippen molar-refractivity contribution in [1.82, 2.24) is 29.9 Å². The number of halogens is 1. The third kappa shape index (κ3) is 7.11. The van der Waals surface area contributed by atoms with Crippen molar-refractivity contribution in [1.29, 1.82) is 0 Å². The molecule has 0 amide bonds. The Kier molecular flexibility index (Phi) is 9.22. The first-order valence-electron chi connectivity index (χ1n) is 14.9. The zero-order chi connectivity index (χ0) is 30.5. The van der Waals surface area contributed by atoms with Crippen LogP contribution in [0.5, 0.6) is 5.75 Å². The van der Waals surface area contributed by atoms with Crippen molar-refractivity contribution in [2.45, 2.75) is 51.6 Å². The highest BCUT2D eigenvalue weighted by molar-refractivity contribution is 6.28. The Morgan fingerprint density at radius 2 is 1.45 bits per heavy atom. The average molecular weight is 614 g/mol. The summed E-state index contributed by atoms with van der Waals surface area (Å²) in [5.41, 5.74) is 5.09. The van der Waals surface area contributed by atoms with Crippen molar-refractivity contribution in [3.8, 4) is 17.1 Å². The van der Waals surface area contributed by atoms with E-state index in [4.69, 9.17) is 21.6 Å². The van der Waals surface area contributed by atoms with Gasteiger partial charge >= 0.3 is 7.69 Å². The molecule has 4 bridgehead atoms. The van der Waals surface area contributed by atoms with Crippen LogP contribution >= 0.6 is 11.6 Å². The molecule has 4 aromatic heterocycles. The Labute approximate surface area is 262 Å². The highest BCUT2D eigenvalue weighted by atomic mass is 35.5. The van der Waals surface area contributed by atoms with Gasteiger partial charge in [0.25, 0.3) is 0 Å². The van der Waals surface area contributed by atoms with Gasteiger partial charge in [-0.25, -0.2) is 15.0 Å². The topological polar surface area (TPSA) is 137 Å². The minimum atomic E-state index is 0.317. The summed E-state index contributed by atoms with van der Waals surface area (Å²) in [5, 5.41) is 15.5. The maximum absolute atomic E-state index is 8.24. The van der Waals surface area contributed by atoms with Crippen molar-refractivity contribution < 1.29 is 9.68 Å². The van der Waals surface area contributed by atoms with Gasteiger partial charge < -0.3 is 30.1 Å². The maximum Gasteiger partial charge on any atom is 0.569 e. The number of aryl methyl sites for hydroxylation is 2. The van der Waals surface area contributed by atoms with E-state index in [2.05, 4.69) is 50.0 Å². The lowest BCUT2D eigenvalue weighted by Gasteiger charge is -2.40. The second kappa shape index (κ2) is 13.6. The van der Waals surface area contributed by atoms with Crippen LogP contribution in [0.3, 0.4) is 0 Å². The number of piperidine rings is 2. The molecule has 14 heteroatoms. The fourth-order valence-corrected chi connectivity index (χ4v) is 6.03. The molecule has 4 aromatic rings. The van der Waals surface area contributed by atoms with Gasteiger partial charge in [-0.15, -0.1) is 0 Å². The zero-order valence-electron chi connectivity index (χ0n) is 24.8. The summed E-state index contributed by atoms with van der Waals surface area (Å²) in [5.74, 6) is 3.22. The van der Waals surface area contributed by atoms with E-state index in [1.165, 1.54) is 25.7 Å². The number of rotatable bonds is 3. The lowest BCUT2D eigenvalue weighted by Crippen LogP contribution is -2.46. The summed E-state index contributed by atoms with van der Waals surface area (Å²) in [7, 11) is 0.648. The van der Waals surface area contributed by atoms with Gasteiger partial charge in [-0.3, -0.25) is 9.97 Å². The second-order valence-corrected chi connectivity index (χ2v) is 11.5. The van der Waals surface area contributed by atoms with Gasteiger partial charge in [-0.1, -0.05) is 0 Å². The number of aromatic nitrogens is 6. The first-order valence-corrected chi connectivity index (χ1v) is 15.2. The number of nitrogens with one attached hydrogen (secondary N) is 2. The zero-order valence-corrected chi connectivity index (χ0v) is 25.6. The summed E-state index contributed by atoms with van der Waals surface area (Å²) < 4.78 is 4.68. The van der Waals surface area contributed by atoms with E-state index in [0.29, 0.717) is 30.8 Å². The van der Waals surface area contributed by atoms with Crippen LogP contribution in [0.4, 0.5) is 23.0 Å². The molecule has 2 saturated heterocycles. The van der Waals surface area contributed by atoms with E-state index < -0.39 is 0 Å². The van der Waals surface area contributed by atoms with Crippen LogP contribution in [0.2, 0.25) is 5.28 Å². The van der Waals surface area contributed by atoms with Crippen molar-refractivity contribution in [3.63, 3.8) is 0 Å². The molecule has 0 aromatic carbocycles. The number of anilines is 4. The molecule has 0 spiro atoms. The van der Waals surface area contributed by atoms with Crippen LogP contribution in [-0.4, -0.2) is 80.9 Å². The predicted octanol–water partition coefficient (Wildman–Crippen LogP) is 4.06. The highest BCUT2D eigenvalue weighted by Gasteiger charge is 2.29. The Balaban J connectivity index is 0.000000125. The van der Waals surface area contributed by atoms with E-state index in [0.717, 1.165) is 72.0 Å². The fourth-order valence-electron chi connectivity index (χ4n) is 5.90. The van der Waals surface area contributed by atoms with E-state index in [1.54, 1.807) is 30.7 Å². The van der Waals surface area contributed by atoms with Crippen LogP contribution in [-0.2, 0) is 0 Å². The van der Waals surface area contributed by atoms with Gasteiger partial charge in [-0.05, 0) is 75.4 Å². The quantitative estimate of drug-likeness (QED) is 0.227. The monoisotopic (exact) mass is 613 g/mol. The molecule has 4 aliphatic heterocycles. The number of hydrogen-bond donors (Lipinski definition) is 3. The first kappa shape index (κ1) is 29.8. The molecule has 2 atom stereocenters. The normalized spacial score (nSPS) is 18.9. The van der Waals surface area contributed by atoms with Crippen molar-refractivity contribution in [2.24, 2.45) is 0 Å². The SMILES string of the molecule is Cc1cc(-c2ncc3c(n2)N[C@H]2CCCN3C2)ccn1.Cc1cc(O[B]O)ccn1.Clc1ncc2c(n1)N[C@H]1CCCN2C1. The summed E-state index contributed by atoms with van der Waals surface area (Å²) in [6.45, 7) is 8.20. The number of hydrogen-bond acceptors (Lipinski definition) is 12. The molecule has 4 aliphatic rings. The third-order valence-corrected chi connectivity index (χ3v) is 8.11. The van der Waals surface area contributed by atoms with Crippen LogP contribution in [0.1, 0.15) is 37.1 Å². The smallest absolute Gasteiger partial charge is 0.537 e. The molecular weight excluding hydrogens is 579 g/mol. The van der Waals surface area contributed by atoms with Crippen molar-refractivity contribution >= 4 is 42.3 Å². The Morgan fingerprint density at radius 3 is 2.09 bits per heavy atom. The van der Waals surface area contributed by atoms with Crippen LogP contribution < -0.4 is 25.1 Å². The van der Waals surface area contributed by atoms with Crippen molar-refractivity contribution in [3.05, 3.63) is 65.7 Å². The van der Waals surface area contributed by atoms with Gasteiger partial charge in [0.05, 0.1) is 23.8 Å². The number of fused-ring (bicyclic) bond motifs is 8. The molecule has 44 heavy (non-hydrogen) atoms. The molecule has 8 heterocycles. The third-order valence-electron chi connectivity index (χ3n) is 7.93. The average Bonchev–Trinajstić information content (AvgIpc) is 3.02. The van der Waals surface area contributed by atoms with Gasteiger partial charge in [-0.2, -0.15) is 4.98 Å². The maximum atomic E-state index is 8.24. The van der Waals surface area contributed by atoms with Gasteiger partial charge in [0, 0.05) is 67.6 Å². The molecule has 227 valence electrons. The summed E-state index contributed by atoms with van der Waals surface area (Å²) in [6, 6.07) is 8.43. The Bertz CT molecular complexity index is 1600. The van der Waals surface area contributed by atoms with Gasteiger partial charge in [0.2, 0.25) is 5.28 Å². The van der Waals surface area contributed by atoms with E-state index in [-0.39, 0.29) is 0 Å². The van der Waals surface area contributed by atoms with Crippen LogP contribution in [0, 0.1) is 13.8 Å². The van der Waals surface area contributed by atoms with Gasteiger partial charge in [0.1, 0.15) is 5.75 Å². The lowest BCUT2D eigenvalue weighted by molar-refractivity contribution is 0.453. The molecule has 0 unspecified atom stereocenters. The fraction of sp³-hybridized carbons (Fsp3) is 0.400. The predicted molar refractivity (Wildman–Crippen MR) is 172 cm³/mol. The lowest BCUT2D eigenvalue weighted by atomic mass is 10.0. The minimum absolute atomic E-state index is 0.317. The van der Waals surface area contributed by atoms with Crippen LogP contribution in [0.25, 0.3) is 11.4 Å². The second-order valence-electron chi connectivity index (χ2n) is 11.2. The molecule has 0 aliphatic carbocycles. The summed E-state index contributed by atoms with van der Waals surface area (Å²) >= 11 is 5.75. The Morgan fingerprint density at radius 1 is 0.841 bits per heavy atom. The van der Waals surface area contributed by atoms with Gasteiger partial charge in [0.15, 0.2) is 17.5 Å². The molecule has 1 radical (unpaired) electrons. The summed E-state index contributed by atoms with van der Waals surface area (Å²) in [4.78, 5) is 30.3. The van der Waals surface area contributed by atoms with Crippen LogP contribution in [0.15, 0.2) is 49.1 Å². The van der Waals surface area contributed by atoms with E-state index >= 15 is 0 Å². The molecule has 2 fully saturated rings. The number of nitrogens with zero attached hydrogens (tertiary/aromatic N) is 8. The first-order chi connectivity index (χ1) is 21.4. The molecular formula is C30H35BClN10O2. The molecule has 12 nitrogen and oxygen atoms in total. The van der Waals surface area contributed by atoms with Crippen molar-refractivity contribution in [2.75, 3.05) is 46.6 Å². The summed E-state index contributed by atoms with van der Waals surface area (Å²) in [6.07, 6.45) is 12.1. The standard InChI is InChI=1S/C15H17N5.C9H11ClN4.C6H7BNO2/c1-10-7-11(4-5-16-10)14-17-8-13-15(19-14)18-12-3-2-6-20(13)9-12;10-9-11-4-7-8(13-9)12-6-2-1-3-14(7)5-6;1-5-4-6(10-7-9)2-3-8-5/h4-5,7-8,12H,2-3,6,9H2,1H3,(H,17,18,19);4,6H,1-3,5H2,(H,11,12,13);2-4,9H,1H3/t12-;6-;/m00./s1. The minimum Gasteiger partial charge on any atom is -0.537 e. The number of pyridine rings is 2. The largest absolute Gasteiger partial charge is 0.569 e. The van der Waals surface area contributed by atoms with E-state index in [9.17, 15) is 0 Å². The highest BCUT2D eigenvalue weighted by Crippen LogP contribution is 2.34. The molecule has 8 rings (SSSR count). The molecule has 3 N–H and O–H groups in total. The molecule has 0 saturated carbocycles. The Hall–Kier alpha value is -4.23.